The molecule has 0 spiro atoms. The smallest absolute Gasteiger partial charge is 0.322 e. The maximum Gasteiger partial charge on any atom is 0.322 e. The molecule has 1 aromatic carbocycles. The van der Waals surface area contributed by atoms with E-state index in [9.17, 15) is 9.59 Å². The second kappa shape index (κ2) is 7.04. The zero-order valence-electron chi connectivity index (χ0n) is 15.4. The lowest BCUT2D eigenvalue weighted by atomic mass is 9.89. The van der Waals surface area contributed by atoms with Gasteiger partial charge in [0.2, 0.25) is 11.8 Å². The number of anilines is 2. The Balaban J connectivity index is 1.58. The number of benzene rings is 1. The van der Waals surface area contributed by atoms with Crippen LogP contribution in [0.4, 0.5) is 11.7 Å². The van der Waals surface area contributed by atoms with Gasteiger partial charge >= 0.3 is 6.01 Å². The highest BCUT2D eigenvalue weighted by atomic mass is 32.1. The van der Waals surface area contributed by atoms with Gasteiger partial charge in [-0.1, -0.05) is 17.2 Å². The first-order valence-corrected chi connectivity index (χ1v) is 9.33. The number of thiazole rings is 1. The number of hydrogen-bond acceptors (Lipinski definition) is 8. The van der Waals surface area contributed by atoms with Gasteiger partial charge in [0.1, 0.15) is 10.6 Å². The van der Waals surface area contributed by atoms with Crippen LogP contribution in [0.5, 0.6) is 5.75 Å². The minimum atomic E-state index is -0.693. The summed E-state index contributed by atoms with van der Waals surface area (Å²) >= 11 is 1.44. The summed E-state index contributed by atoms with van der Waals surface area (Å²) < 4.78 is 10.9. The largest absolute Gasteiger partial charge is 0.495 e. The van der Waals surface area contributed by atoms with Crippen molar-refractivity contribution in [1.82, 2.24) is 15.2 Å². The van der Waals surface area contributed by atoms with E-state index < -0.39 is 11.8 Å². The first-order valence-electron chi connectivity index (χ1n) is 8.51. The average molecular weight is 399 g/mol. The summed E-state index contributed by atoms with van der Waals surface area (Å²) in [4.78, 5) is 30.0. The number of carbonyl (C=O) groups is 2. The van der Waals surface area contributed by atoms with E-state index in [-0.39, 0.29) is 18.3 Å². The van der Waals surface area contributed by atoms with E-state index in [1.54, 1.807) is 18.2 Å². The summed E-state index contributed by atoms with van der Waals surface area (Å²) in [5, 5.41) is 14.1. The van der Waals surface area contributed by atoms with Gasteiger partial charge in [-0.15, -0.1) is 16.4 Å². The highest BCUT2D eigenvalue weighted by Crippen LogP contribution is 2.39. The fourth-order valence-electron chi connectivity index (χ4n) is 3.15. The number of fused-ring (bicyclic) bond motifs is 1. The lowest BCUT2D eigenvalue weighted by Crippen LogP contribution is -2.31. The predicted octanol–water partition coefficient (Wildman–Crippen LogP) is 2.88. The zero-order valence-corrected chi connectivity index (χ0v) is 16.2. The van der Waals surface area contributed by atoms with E-state index in [0.717, 1.165) is 15.6 Å². The standard InChI is InChI=1S/C18H17N5O4S/c1-8-15(28-9(2)19-8)17-22-23-18(27-17)21-16(25)11-7-13(24)20-14-10(11)5-4-6-12(14)26-3/h4-6,11H,7H2,1-3H3,(H,20,24)(H,21,23,25). The van der Waals surface area contributed by atoms with Crippen LogP contribution in [-0.4, -0.2) is 34.1 Å². The van der Waals surface area contributed by atoms with Crippen LogP contribution in [0.15, 0.2) is 22.6 Å². The van der Waals surface area contributed by atoms with Crippen molar-refractivity contribution in [2.45, 2.75) is 26.2 Å². The van der Waals surface area contributed by atoms with Crippen LogP contribution in [0.1, 0.15) is 28.6 Å². The summed E-state index contributed by atoms with van der Waals surface area (Å²) in [6.45, 7) is 3.74. The van der Waals surface area contributed by atoms with E-state index in [2.05, 4.69) is 25.8 Å². The van der Waals surface area contributed by atoms with Crippen LogP contribution in [0.3, 0.4) is 0 Å². The van der Waals surface area contributed by atoms with Crippen LogP contribution in [0, 0.1) is 13.8 Å². The van der Waals surface area contributed by atoms with Crippen LogP contribution < -0.4 is 15.4 Å². The first kappa shape index (κ1) is 18.1. The van der Waals surface area contributed by atoms with Crippen LogP contribution >= 0.6 is 11.3 Å². The molecule has 0 radical (unpaired) electrons. The van der Waals surface area contributed by atoms with E-state index in [0.29, 0.717) is 22.9 Å². The Hall–Kier alpha value is -3.27. The number of para-hydroxylation sites is 1. The molecule has 9 nitrogen and oxygen atoms in total. The minimum Gasteiger partial charge on any atom is -0.495 e. The molecule has 1 aliphatic rings. The average Bonchev–Trinajstić information content (AvgIpc) is 3.25. The van der Waals surface area contributed by atoms with E-state index in [4.69, 9.17) is 9.15 Å². The van der Waals surface area contributed by atoms with Crippen molar-refractivity contribution in [3.8, 4) is 16.5 Å². The van der Waals surface area contributed by atoms with Gasteiger partial charge in [0.05, 0.1) is 29.4 Å². The van der Waals surface area contributed by atoms with Crippen molar-refractivity contribution in [2.75, 3.05) is 17.7 Å². The second-order valence-corrected chi connectivity index (χ2v) is 7.48. The number of aryl methyl sites for hydroxylation is 2. The maximum absolute atomic E-state index is 12.8. The molecule has 2 N–H and O–H groups in total. The van der Waals surface area contributed by atoms with Crippen LogP contribution in [-0.2, 0) is 9.59 Å². The number of amides is 2. The van der Waals surface area contributed by atoms with Crippen molar-refractivity contribution in [1.29, 1.82) is 0 Å². The monoisotopic (exact) mass is 399 g/mol. The molecule has 10 heteroatoms. The van der Waals surface area contributed by atoms with Gasteiger partial charge in [0, 0.05) is 6.42 Å². The number of rotatable bonds is 4. The predicted molar refractivity (Wildman–Crippen MR) is 102 cm³/mol. The molecule has 3 aromatic rings. The van der Waals surface area contributed by atoms with Crippen LogP contribution in [0.25, 0.3) is 10.8 Å². The molecule has 3 heterocycles. The van der Waals surface area contributed by atoms with Gasteiger partial charge in [0.15, 0.2) is 0 Å². The topological polar surface area (TPSA) is 119 Å². The number of methoxy groups -OCH3 is 1. The number of carbonyl (C=O) groups excluding carboxylic acids is 2. The molecule has 4 rings (SSSR count). The van der Waals surface area contributed by atoms with E-state index in [1.807, 2.05) is 13.8 Å². The molecule has 0 bridgehead atoms. The number of hydrogen-bond donors (Lipinski definition) is 2. The third kappa shape index (κ3) is 3.22. The second-order valence-electron chi connectivity index (χ2n) is 6.28. The number of nitrogens with one attached hydrogen (secondary N) is 2. The molecule has 2 amide bonds. The normalized spacial score (nSPS) is 15.7. The molecule has 1 atom stereocenters. The summed E-state index contributed by atoms with van der Waals surface area (Å²) in [5.74, 6) is -0.571. The van der Waals surface area contributed by atoms with Gasteiger partial charge in [-0.2, -0.15) is 0 Å². The van der Waals surface area contributed by atoms with Crippen molar-refractivity contribution in [3.05, 3.63) is 34.5 Å². The van der Waals surface area contributed by atoms with Gasteiger partial charge < -0.3 is 14.5 Å². The van der Waals surface area contributed by atoms with E-state index >= 15 is 0 Å². The fraction of sp³-hybridized carbons (Fsp3) is 0.278. The molecule has 2 aromatic heterocycles. The Morgan fingerprint density at radius 3 is 2.89 bits per heavy atom. The quantitative estimate of drug-likeness (QED) is 0.692. The van der Waals surface area contributed by atoms with Crippen molar-refractivity contribution < 1.29 is 18.7 Å². The molecule has 28 heavy (non-hydrogen) atoms. The fourth-order valence-corrected chi connectivity index (χ4v) is 3.99. The number of nitrogens with zero attached hydrogens (tertiary/aromatic N) is 3. The Bertz CT molecular complexity index is 1070. The molecule has 1 unspecified atom stereocenters. The molecule has 0 aliphatic carbocycles. The highest BCUT2D eigenvalue weighted by molar-refractivity contribution is 7.15. The number of ether oxygens (including phenoxy) is 1. The molecule has 0 fully saturated rings. The van der Waals surface area contributed by atoms with Gasteiger partial charge in [0.25, 0.3) is 5.89 Å². The lowest BCUT2D eigenvalue weighted by Gasteiger charge is -2.25. The Labute approximate surface area is 164 Å². The summed E-state index contributed by atoms with van der Waals surface area (Å²) in [7, 11) is 1.51. The zero-order chi connectivity index (χ0) is 19.8. The lowest BCUT2D eigenvalue weighted by molar-refractivity contribution is -0.123. The Morgan fingerprint density at radius 1 is 1.36 bits per heavy atom. The Kier molecular flexibility index (Phi) is 4.55. The van der Waals surface area contributed by atoms with Crippen LogP contribution in [0.2, 0.25) is 0 Å². The molecule has 1 aliphatic heterocycles. The molecular weight excluding hydrogens is 382 g/mol. The first-order chi connectivity index (χ1) is 13.5. The molecular formula is C18H17N5O4S. The SMILES string of the molecule is COc1cccc2c1NC(=O)CC2C(=O)Nc1nnc(-c2sc(C)nc2C)o1. The summed E-state index contributed by atoms with van der Waals surface area (Å²) in [6, 6.07) is 5.25. The molecule has 0 saturated carbocycles. The van der Waals surface area contributed by atoms with E-state index in [1.165, 1.54) is 18.4 Å². The third-order valence-corrected chi connectivity index (χ3v) is 5.44. The summed E-state index contributed by atoms with van der Waals surface area (Å²) in [6.07, 6.45) is 0.0140. The molecule has 0 saturated heterocycles. The molecule has 144 valence electrons. The van der Waals surface area contributed by atoms with Crippen molar-refractivity contribution in [2.24, 2.45) is 0 Å². The summed E-state index contributed by atoms with van der Waals surface area (Å²) in [5.41, 5.74) is 1.96. The Morgan fingerprint density at radius 2 is 2.18 bits per heavy atom. The highest BCUT2D eigenvalue weighted by Gasteiger charge is 2.33. The maximum atomic E-state index is 12.8. The van der Waals surface area contributed by atoms with Gasteiger partial charge in [-0.3, -0.25) is 14.9 Å². The van der Waals surface area contributed by atoms with Crippen molar-refractivity contribution >= 4 is 34.9 Å². The van der Waals surface area contributed by atoms with Gasteiger partial charge in [-0.05, 0) is 25.5 Å². The van der Waals surface area contributed by atoms with Crippen molar-refractivity contribution in [3.63, 3.8) is 0 Å². The van der Waals surface area contributed by atoms with Gasteiger partial charge in [-0.25, -0.2) is 4.98 Å². The third-order valence-electron chi connectivity index (χ3n) is 4.38. The number of aromatic nitrogens is 3. The minimum absolute atomic E-state index is 0.0140.